The van der Waals surface area contributed by atoms with Crippen LogP contribution in [0.25, 0.3) is 0 Å². The molecule has 1 saturated heterocycles. The van der Waals surface area contributed by atoms with Crippen LogP contribution in [0.2, 0.25) is 0 Å². The Hall–Kier alpha value is -0.220. The van der Waals surface area contributed by atoms with Gasteiger partial charge in [0.1, 0.15) is 0 Å². The summed E-state index contributed by atoms with van der Waals surface area (Å²) in [6, 6.07) is 0.0380. The molecule has 1 heterocycles. The number of nitrogens with one attached hydrogen (secondary N) is 1. The first-order valence-corrected chi connectivity index (χ1v) is 8.49. The third-order valence-electron chi connectivity index (χ3n) is 4.94. The van der Waals surface area contributed by atoms with Gasteiger partial charge >= 0.3 is 0 Å². The Morgan fingerprint density at radius 1 is 1.44 bits per heavy atom. The number of rotatable bonds is 3. The zero-order valence-corrected chi connectivity index (χ0v) is 12.0. The van der Waals surface area contributed by atoms with Crippen LogP contribution in [0.15, 0.2) is 0 Å². The highest BCUT2D eigenvalue weighted by Crippen LogP contribution is 2.52. The molecule has 4 unspecified atom stereocenters. The molecule has 0 aromatic rings. The summed E-state index contributed by atoms with van der Waals surface area (Å²) in [5, 5.41) is 3.17. The smallest absolute Gasteiger partial charge is 0.240 e. The summed E-state index contributed by atoms with van der Waals surface area (Å²) in [4.78, 5) is 14.6. The van der Waals surface area contributed by atoms with E-state index in [1.165, 1.54) is 25.7 Å². The number of hydrogen-bond donors (Lipinski definition) is 1. The van der Waals surface area contributed by atoms with E-state index in [-0.39, 0.29) is 6.04 Å². The summed E-state index contributed by atoms with van der Waals surface area (Å²) in [5.41, 5.74) is 0. The Morgan fingerprint density at radius 3 is 3.17 bits per heavy atom. The third-order valence-corrected chi connectivity index (χ3v) is 5.98. The Balaban J connectivity index is 1.61. The van der Waals surface area contributed by atoms with Gasteiger partial charge in [-0.3, -0.25) is 4.79 Å². The minimum absolute atomic E-state index is 0.0380. The Morgan fingerprint density at radius 2 is 2.33 bits per heavy atom. The molecular formula is C14H24N2OS. The van der Waals surface area contributed by atoms with Crippen molar-refractivity contribution >= 4 is 17.7 Å². The van der Waals surface area contributed by atoms with Crippen molar-refractivity contribution in [3.8, 4) is 0 Å². The SMILES string of the molecule is CNC1CSCCN(CC2CCCC3CC32)C1=O. The molecule has 1 aliphatic heterocycles. The zero-order chi connectivity index (χ0) is 12.5. The molecule has 0 radical (unpaired) electrons. The quantitative estimate of drug-likeness (QED) is 0.843. The van der Waals surface area contributed by atoms with Crippen LogP contribution < -0.4 is 5.32 Å². The van der Waals surface area contributed by atoms with Gasteiger partial charge < -0.3 is 10.2 Å². The summed E-state index contributed by atoms with van der Waals surface area (Å²) in [6.07, 6.45) is 5.63. The number of nitrogens with zero attached hydrogens (tertiary/aromatic N) is 1. The second-order valence-electron chi connectivity index (χ2n) is 6.05. The van der Waals surface area contributed by atoms with Gasteiger partial charge in [-0.25, -0.2) is 0 Å². The van der Waals surface area contributed by atoms with Crippen LogP contribution in [0.5, 0.6) is 0 Å². The second-order valence-corrected chi connectivity index (χ2v) is 7.20. The van der Waals surface area contributed by atoms with Gasteiger partial charge in [0, 0.05) is 24.6 Å². The summed E-state index contributed by atoms with van der Waals surface area (Å²) < 4.78 is 0. The lowest BCUT2D eigenvalue weighted by atomic mass is 9.88. The number of thioether (sulfide) groups is 1. The average molecular weight is 268 g/mol. The van der Waals surface area contributed by atoms with Crippen molar-refractivity contribution in [1.82, 2.24) is 10.2 Å². The Kier molecular flexibility index (Phi) is 3.85. The van der Waals surface area contributed by atoms with E-state index >= 15 is 0 Å². The van der Waals surface area contributed by atoms with E-state index in [1.807, 2.05) is 18.8 Å². The molecule has 18 heavy (non-hydrogen) atoms. The molecule has 2 aliphatic carbocycles. The van der Waals surface area contributed by atoms with Gasteiger partial charge in [-0.2, -0.15) is 11.8 Å². The van der Waals surface area contributed by atoms with E-state index in [0.717, 1.165) is 42.3 Å². The molecule has 0 spiro atoms. The first kappa shape index (κ1) is 12.8. The van der Waals surface area contributed by atoms with E-state index < -0.39 is 0 Å². The van der Waals surface area contributed by atoms with Crippen LogP contribution >= 0.6 is 11.8 Å². The number of amides is 1. The van der Waals surface area contributed by atoms with Crippen LogP contribution in [0.4, 0.5) is 0 Å². The standard InChI is InChI=1S/C14H24N2OS/c1-15-13-9-18-6-5-16(14(13)17)8-11-4-2-3-10-7-12(10)11/h10-13,15H,2-9H2,1H3. The van der Waals surface area contributed by atoms with Crippen LogP contribution in [-0.4, -0.2) is 48.5 Å². The van der Waals surface area contributed by atoms with E-state index in [9.17, 15) is 4.79 Å². The van der Waals surface area contributed by atoms with Crippen molar-refractivity contribution in [1.29, 1.82) is 0 Å². The van der Waals surface area contributed by atoms with Crippen LogP contribution in [0.3, 0.4) is 0 Å². The van der Waals surface area contributed by atoms with Gasteiger partial charge in [0.2, 0.25) is 5.91 Å². The highest BCUT2D eigenvalue weighted by molar-refractivity contribution is 7.99. The Labute approximate surface area is 114 Å². The molecule has 3 fully saturated rings. The second kappa shape index (κ2) is 5.41. The highest BCUT2D eigenvalue weighted by atomic mass is 32.2. The molecule has 3 nitrogen and oxygen atoms in total. The number of carbonyl (C=O) groups excluding carboxylic acids is 1. The molecule has 0 aromatic heterocycles. The minimum atomic E-state index is 0.0380. The van der Waals surface area contributed by atoms with E-state index in [0.29, 0.717) is 5.91 Å². The summed E-state index contributed by atoms with van der Waals surface area (Å²) in [6.45, 7) is 1.98. The first-order valence-electron chi connectivity index (χ1n) is 7.33. The maximum atomic E-state index is 12.4. The lowest BCUT2D eigenvalue weighted by molar-refractivity contribution is -0.133. The molecule has 3 aliphatic rings. The predicted octanol–water partition coefficient (Wildman–Crippen LogP) is 1.59. The average Bonchev–Trinajstić information content (AvgIpc) is 3.17. The summed E-state index contributed by atoms with van der Waals surface area (Å²) in [5.74, 6) is 5.14. The fourth-order valence-corrected chi connectivity index (χ4v) is 4.77. The molecule has 1 amide bonds. The number of likely N-dealkylation sites (N-methyl/N-ethyl adjacent to an activating group) is 1. The topological polar surface area (TPSA) is 32.3 Å². The van der Waals surface area contributed by atoms with Gasteiger partial charge in [0.05, 0.1) is 6.04 Å². The number of carbonyl (C=O) groups is 1. The van der Waals surface area contributed by atoms with Crippen molar-refractivity contribution in [3.63, 3.8) is 0 Å². The third kappa shape index (κ3) is 2.55. The van der Waals surface area contributed by atoms with Gasteiger partial charge in [-0.1, -0.05) is 12.8 Å². The molecule has 2 saturated carbocycles. The van der Waals surface area contributed by atoms with Gasteiger partial charge in [0.25, 0.3) is 0 Å². The maximum absolute atomic E-state index is 12.4. The monoisotopic (exact) mass is 268 g/mol. The van der Waals surface area contributed by atoms with Crippen LogP contribution in [0, 0.1) is 17.8 Å². The minimum Gasteiger partial charge on any atom is -0.340 e. The van der Waals surface area contributed by atoms with Gasteiger partial charge in [-0.05, 0) is 37.6 Å². The van der Waals surface area contributed by atoms with Crippen LogP contribution in [0.1, 0.15) is 25.7 Å². The molecule has 4 atom stereocenters. The molecule has 3 rings (SSSR count). The van der Waals surface area contributed by atoms with Crippen molar-refractivity contribution in [2.45, 2.75) is 31.7 Å². The van der Waals surface area contributed by atoms with E-state index in [1.54, 1.807) is 0 Å². The summed E-state index contributed by atoms with van der Waals surface area (Å²) >= 11 is 1.90. The molecule has 1 N–H and O–H groups in total. The van der Waals surface area contributed by atoms with Crippen molar-refractivity contribution in [2.24, 2.45) is 17.8 Å². The van der Waals surface area contributed by atoms with Crippen molar-refractivity contribution in [3.05, 3.63) is 0 Å². The van der Waals surface area contributed by atoms with E-state index in [4.69, 9.17) is 0 Å². The van der Waals surface area contributed by atoms with Gasteiger partial charge in [-0.15, -0.1) is 0 Å². The number of fused-ring (bicyclic) bond motifs is 1. The van der Waals surface area contributed by atoms with Crippen molar-refractivity contribution in [2.75, 3.05) is 31.6 Å². The maximum Gasteiger partial charge on any atom is 0.240 e. The molecular weight excluding hydrogens is 244 g/mol. The lowest BCUT2D eigenvalue weighted by Crippen LogP contribution is -2.47. The number of hydrogen-bond acceptors (Lipinski definition) is 3. The predicted molar refractivity (Wildman–Crippen MR) is 75.7 cm³/mol. The molecule has 0 bridgehead atoms. The zero-order valence-electron chi connectivity index (χ0n) is 11.2. The van der Waals surface area contributed by atoms with Crippen molar-refractivity contribution < 1.29 is 4.79 Å². The lowest BCUT2D eigenvalue weighted by Gasteiger charge is -2.30. The highest BCUT2D eigenvalue weighted by Gasteiger charge is 2.45. The molecule has 102 valence electrons. The largest absolute Gasteiger partial charge is 0.340 e. The fraction of sp³-hybridized carbons (Fsp3) is 0.929. The Bertz CT molecular complexity index is 323. The van der Waals surface area contributed by atoms with Gasteiger partial charge in [0.15, 0.2) is 0 Å². The normalized spacial score (nSPS) is 40.3. The summed E-state index contributed by atoms with van der Waals surface area (Å²) in [7, 11) is 1.91. The fourth-order valence-electron chi connectivity index (χ4n) is 3.71. The molecule has 4 heteroatoms. The molecule has 0 aromatic carbocycles. The van der Waals surface area contributed by atoms with E-state index in [2.05, 4.69) is 10.2 Å². The van der Waals surface area contributed by atoms with Crippen LogP contribution in [-0.2, 0) is 4.79 Å². The first-order chi connectivity index (χ1) is 8.79.